The Bertz CT molecular complexity index is 1000. The Balaban J connectivity index is 1.48. The van der Waals surface area contributed by atoms with Gasteiger partial charge in [0.25, 0.3) is 0 Å². The molecule has 1 atom stereocenters. The van der Waals surface area contributed by atoms with Crippen LogP contribution in [0.1, 0.15) is 70.7 Å². The summed E-state index contributed by atoms with van der Waals surface area (Å²) in [5.41, 5.74) is 4.19. The number of nitrogens with zero attached hydrogens (tertiary/aromatic N) is 4. The van der Waals surface area contributed by atoms with E-state index in [1.807, 2.05) is 18.7 Å². The number of aryl methyl sites for hydroxylation is 2. The number of piperidine rings is 1. The van der Waals surface area contributed by atoms with Gasteiger partial charge in [-0.1, -0.05) is 11.6 Å². The maximum atomic E-state index is 13.2. The Hall–Kier alpha value is -2.21. The standard InChI is InChI=1S/C24H35N5O/c1-16-19-9-10-20(25-22(19)28(6)26-16)18-8-7-11-29(15-18)21(30)12-17-13-23(2,3)27-24(4,5)14-17/h9-10,13,18,27H,7-8,11-12,14-15H2,1-6H3. The van der Waals surface area contributed by atoms with Gasteiger partial charge in [-0.25, -0.2) is 4.98 Å². The molecule has 0 saturated carbocycles. The normalized spacial score (nSPS) is 23.5. The van der Waals surface area contributed by atoms with Crippen LogP contribution in [0.2, 0.25) is 0 Å². The van der Waals surface area contributed by atoms with Crippen LogP contribution in [0.3, 0.4) is 0 Å². The molecule has 162 valence electrons. The number of hydrogen-bond acceptors (Lipinski definition) is 4. The van der Waals surface area contributed by atoms with Crippen molar-refractivity contribution < 1.29 is 4.79 Å². The lowest BCUT2D eigenvalue weighted by molar-refractivity contribution is -0.131. The van der Waals surface area contributed by atoms with Crippen molar-refractivity contribution >= 4 is 16.9 Å². The summed E-state index contributed by atoms with van der Waals surface area (Å²) in [5, 5.41) is 9.24. The maximum Gasteiger partial charge on any atom is 0.226 e. The highest BCUT2D eigenvalue weighted by molar-refractivity contribution is 5.79. The molecule has 1 N–H and O–H groups in total. The van der Waals surface area contributed by atoms with Gasteiger partial charge < -0.3 is 10.2 Å². The number of rotatable bonds is 3. The van der Waals surface area contributed by atoms with Gasteiger partial charge in [0.1, 0.15) is 0 Å². The van der Waals surface area contributed by atoms with Gasteiger partial charge in [-0.3, -0.25) is 9.48 Å². The van der Waals surface area contributed by atoms with Gasteiger partial charge in [-0.2, -0.15) is 5.10 Å². The van der Waals surface area contributed by atoms with Crippen LogP contribution >= 0.6 is 0 Å². The van der Waals surface area contributed by atoms with Gasteiger partial charge in [-0.05, 0) is 66.0 Å². The second-order valence-corrected chi connectivity index (χ2v) is 10.4. The molecule has 1 fully saturated rings. The fraction of sp³-hybridized carbons (Fsp3) is 0.625. The average molecular weight is 410 g/mol. The number of hydrogen-bond donors (Lipinski definition) is 1. The highest BCUT2D eigenvalue weighted by atomic mass is 16.2. The van der Waals surface area contributed by atoms with Gasteiger partial charge in [-0.15, -0.1) is 0 Å². The lowest BCUT2D eigenvalue weighted by atomic mass is 9.82. The van der Waals surface area contributed by atoms with Crippen LogP contribution in [0, 0.1) is 6.92 Å². The first-order valence-electron chi connectivity index (χ1n) is 11.1. The Morgan fingerprint density at radius 1 is 1.27 bits per heavy atom. The molecule has 4 heterocycles. The molecule has 0 aromatic carbocycles. The van der Waals surface area contributed by atoms with E-state index in [0.29, 0.717) is 6.42 Å². The lowest BCUT2D eigenvalue weighted by Gasteiger charge is -2.41. The molecule has 0 bridgehead atoms. The molecule has 2 aromatic heterocycles. The van der Waals surface area contributed by atoms with E-state index in [9.17, 15) is 4.79 Å². The van der Waals surface area contributed by atoms with Crippen LogP contribution in [0.25, 0.3) is 11.0 Å². The molecule has 2 aliphatic rings. The summed E-state index contributed by atoms with van der Waals surface area (Å²) in [6.45, 7) is 12.4. The first-order valence-corrected chi connectivity index (χ1v) is 11.1. The molecule has 6 nitrogen and oxygen atoms in total. The van der Waals surface area contributed by atoms with E-state index >= 15 is 0 Å². The van der Waals surface area contributed by atoms with E-state index < -0.39 is 0 Å². The molecular formula is C24H35N5O. The number of carbonyl (C=O) groups is 1. The van der Waals surface area contributed by atoms with Gasteiger partial charge in [0.05, 0.1) is 5.69 Å². The third-order valence-electron chi connectivity index (χ3n) is 6.36. The summed E-state index contributed by atoms with van der Waals surface area (Å²) in [7, 11) is 1.94. The molecule has 6 heteroatoms. The highest BCUT2D eigenvalue weighted by Crippen LogP contribution is 2.32. The zero-order valence-electron chi connectivity index (χ0n) is 19.2. The van der Waals surface area contributed by atoms with E-state index in [0.717, 1.165) is 54.8 Å². The van der Waals surface area contributed by atoms with Gasteiger partial charge >= 0.3 is 0 Å². The molecule has 1 unspecified atom stereocenters. The third kappa shape index (κ3) is 4.29. The summed E-state index contributed by atoms with van der Waals surface area (Å²) in [5.74, 6) is 0.536. The van der Waals surface area contributed by atoms with Crippen LogP contribution < -0.4 is 5.32 Å². The number of amides is 1. The van der Waals surface area contributed by atoms with Crippen molar-refractivity contribution in [3.05, 3.63) is 35.2 Å². The molecule has 0 spiro atoms. The molecule has 4 rings (SSSR count). The minimum absolute atomic E-state index is 0.0128. The first kappa shape index (κ1) is 21.0. The predicted molar refractivity (Wildman–Crippen MR) is 120 cm³/mol. The van der Waals surface area contributed by atoms with Crippen molar-refractivity contribution in [2.75, 3.05) is 13.1 Å². The molecule has 0 aliphatic carbocycles. The van der Waals surface area contributed by atoms with Gasteiger partial charge in [0.2, 0.25) is 5.91 Å². The Labute approximate surface area is 179 Å². The molecule has 1 amide bonds. The van der Waals surface area contributed by atoms with Gasteiger partial charge in [0.15, 0.2) is 5.65 Å². The van der Waals surface area contributed by atoms with E-state index in [4.69, 9.17) is 4.98 Å². The maximum absolute atomic E-state index is 13.2. The second-order valence-electron chi connectivity index (χ2n) is 10.4. The van der Waals surface area contributed by atoms with Crippen molar-refractivity contribution in [3.63, 3.8) is 0 Å². The van der Waals surface area contributed by atoms with Crippen LogP contribution in [-0.2, 0) is 11.8 Å². The quantitative estimate of drug-likeness (QED) is 0.782. The predicted octanol–water partition coefficient (Wildman–Crippen LogP) is 3.85. The largest absolute Gasteiger partial charge is 0.342 e. The summed E-state index contributed by atoms with van der Waals surface area (Å²) in [4.78, 5) is 20.1. The molecule has 2 aromatic rings. The van der Waals surface area contributed by atoms with E-state index in [2.05, 4.69) is 61.2 Å². The zero-order valence-corrected chi connectivity index (χ0v) is 19.2. The van der Waals surface area contributed by atoms with Crippen LogP contribution in [0.4, 0.5) is 0 Å². The smallest absolute Gasteiger partial charge is 0.226 e. The monoisotopic (exact) mass is 409 g/mol. The highest BCUT2D eigenvalue weighted by Gasteiger charge is 2.34. The Morgan fingerprint density at radius 3 is 2.77 bits per heavy atom. The fourth-order valence-corrected chi connectivity index (χ4v) is 5.49. The zero-order chi connectivity index (χ0) is 21.7. The number of carbonyl (C=O) groups excluding carboxylic acids is 1. The van der Waals surface area contributed by atoms with E-state index in [1.54, 1.807) is 0 Å². The van der Waals surface area contributed by atoms with Crippen molar-refractivity contribution in [3.8, 4) is 0 Å². The topological polar surface area (TPSA) is 63.1 Å². The van der Waals surface area contributed by atoms with E-state index in [1.165, 1.54) is 5.57 Å². The first-order chi connectivity index (χ1) is 14.0. The summed E-state index contributed by atoms with van der Waals surface area (Å²) < 4.78 is 1.85. The molecule has 0 radical (unpaired) electrons. The number of fused-ring (bicyclic) bond motifs is 1. The second kappa shape index (κ2) is 7.49. The van der Waals surface area contributed by atoms with Crippen molar-refractivity contribution in [1.29, 1.82) is 0 Å². The molecule has 1 saturated heterocycles. The van der Waals surface area contributed by atoms with Crippen molar-refractivity contribution in [2.24, 2.45) is 7.05 Å². The fourth-order valence-electron chi connectivity index (χ4n) is 5.49. The average Bonchev–Trinajstić information content (AvgIpc) is 2.92. The lowest BCUT2D eigenvalue weighted by Crippen LogP contribution is -2.54. The van der Waals surface area contributed by atoms with Crippen molar-refractivity contribution in [1.82, 2.24) is 25.0 Å². The number of aromatic nitrogens is 3. The summed E-state index contributed by atoms with van der Waals surface area (Å²) in [6, 6.07) is 4.25. The SMILES string of the molecule is Cc1nn(C)c2nc(C3CCCN(C(=O)CC4=CC(C)(C)NC(C)(C)C4)C3)ccc12. The minimum Gasteiger partial charge on any atom is -0.342 e. The Morgan fingerprint density at radius 2 is 2.03 bits per heavy atom. The Kier molecular flexibility index (Phi) is 5.25. The number of nitrogens with one attached hydrogen (secondary N) is 1. The summed E-state index contributed by atoms with van der Waals surface area (Å²) in [6.07, 6.45) is 5.79. The summed E-state index contributed by atoms with van der Waals surface area (Å²) >= 11 is 0. The van der Waals surface area contributed by atoms with Crippen LogP contribution in [0.15, 0.2) is 23.8 Å². The molecule has 30 heavy (non-hydrogen) atoms. The third-order valence-corrected chi connectivity index (χ3v) is 6.36. The molecular weight excluding hydrogens is 374 g/mol. The minimum atomic E-state index is -0.0810. The number of pyridine rings is 1. The molecule has 2 aliphatic heterocycles. The van der Waals surface area contributed by atoms with Crippen molar-refractivity contribution in [2.45, 2.75) is 77.3 Å². The number of likely N-dealkylation sites (tertiary alicyclic amines) is 1. The van der Waals surface area contributed by atoms with Crippen LogP contribution in [-0.4, -0.2) is 49.7 Å². The van der Waals surface area contributed by atoms with Crippen LogP contribution in [0.5, 0.6) is 0 Å². The van der Waals surface area contributed by atoms with E-state index in [-0.39, 0.29) is 22.9 Å². The van der Waals surface area contributed by atoms with Gasteiger partial charge in [0, 0.05) is 54.6 Å².